The summed E-state index contributed by atoms with van der Waals surface area (Å²) in [5.74, 6) is 0.784. The molecule has 0 radical (unpaired) electrons. The maximum absolute atomic E-state index is 5.99. The smallest absolute Gasteiger partial charge is 0.160 e. The van der Waals surface area contributed by atoms with Crippen LogP contribution >= 0.6 is 11.6 Å². The Bertz CT molecular complexity index is 810. The van der Waals surface area contributed by atoms with E-state index in [4.69, 9.17) is 21.6 Å². The van der Waals surface area contributed by atoms with Crippen LogP contribution in [0.4, 0.5) is 0 Å². The van der Waals surface area contributed by atoms with Crippen molar-refractivity contribution in [1.82, 2.24) is 9.97 Å². The molecule has 23 heavy (non-hydrogen) atoms. The standard InChI is InChI=1S/C20H21ClN2/c1-3-4-5-8-17-19-14(2)7-6-9-18(19)23-20(22-17)15-10-12-16(21)13-11-15/h6-7,9-13H,3-5,8H2,1-2H3. The lowest BCUT2D eigenvalue weighted by Crippen LogP contribution is -2.00. The summed E-state index contributed by atoms with van der Waals surface area (Å²) in [4.78, 5) is 9.65. The molecular weight excluding hydrogens is 304 g/mol. The second-order valence-electron chi connectivity index (χ2n) is 5.93. The van der Waals surface area contributed by atoms with E-state index in [0.29, 0.717) is 0 Å². The molecule has 0 unspecified atom stereocenters. The first-order valence-corrected chi connectivity index (χ1v) is 8.59. The third kappa shape index (κ3) is 3.53. The van der Waals surface area contributed by atoms with Gasteiger partial charge in [-0.1, -0.05) is 43.5 Å². The predicted octanol–water partition coefficient (Wildman–Crippen LogP) is 5.99. The largest absolute Gasteiger partial charge is 0.232 e. The average Bonchev–Trinajstić information content (AvgIpc) is 2.55. The molecule has 3 heteroatoms. The zero-order chi connectivity index (χ0) is 16.2. The number of fused-ring (bicyclic) bond motifs is 1. The summed E-state index contributed by atoms with van der Waals surface area (Å²) in [6.45, 7) is 4.36. The van der Waals surface area contributed by atoms with Crippen molar-refractivity contribution in [2.24, 2.45) is 0 Å². The van der Waals surface area contributed by atoms with Crippen molar-refractivity contribution in [2.75, 3.05) is 0 Å². The minimum absolute atomic E-state index is 0.730. The van der Waals surface area contributed by atoms with Gasteiger partial charge in [-0.05, 0) is 55.7 Å². The van der Waals surface area contributed by atoms with Crippen molar-refractivity contribution in [2.45, 2.75) is 39.5 Å². The number of hydrogen-bond donors (Lipinski definition) is 0. The summed E-state index contributed by atoms with van der Waals surface area (Å²) in [6.07, 6.45) is 4.61. The third-order valence-electron chi connectivity index (χ3n) is 4.13. The molecule has 0 amide bonds. The highest BCUT2D eigenvalue weighted by molar-refractivity contribution is 6.30. The third-order valence-corrected chi connectivity index (χ3v) is 4.38. The number of rotatable bonds is 5. The first kappa shape index (κ1) is 15.9. The van der Waals surface area contributed by atoms with Gasteiger partial charge in [0.1, 0.15) is 0 Å². The molecule has 0 aliphatic rings. The SMILES string of the molecule is CCCCCc1nc(-c2ccc(Cl)cc2)nc2cccc(C)c12. The van der Waals surface area contributed by atoms with E-state index in [2.05, 4.69) is 32.0 Å². The Balaban J connectivity index is 2.11. The Morgan fingerprint density at radius 1 is 0.957 bits per heavy atom. The van der Waals surface area contributed by atoms with Gasteiger partial charge in [-0.15, -0.1) is 0 Å². The van der Waals surface area contributed by atoms with Crippen molar-refractivity contribution < 1.29 is 0 Å². The summed E-state index contributed by atoms with van der Waals surface area (Å²) >= 11 is 5.99. The van der Waals surface area contributed by atoms with Gasteiger partial charge in [-0.25, -0.2) is 9.97 Å². The molecule has 0 bridgehead atoms. The van der Waals surface area contributed by atoms with Gasteiger partial charge in [0.15, 0.2) is 5.82 Å². The Labute approximate surface area is 142 Å². The van der Waals surface area contributed by atoms with Gasteiger partial charge < -0.3 is 0 Å². The van der Waals surface area contributed by atoms with Gasteiger partial charge in [0.05, 0.1) is 11.2 Å². The highest BCUT2D eigenvalue weighted by Gasteiger charge is 2.11. The summed E-state index contributed by atoms with van der Waals surface area (Å²) < 4.78 is 0. The fourth-order valence-electron chi connectivity index (χ4n) is 2.90. The van der Waals surface area contributed by atoms with Crippen LogP contribution in [0.1, 0.15) is 37.4 Å². The van der Waals surface area contributed by atoms with E-state index in [0.717, 1.165) is 40.5 Å². The van der Waals surface area contributed by atoms with Crippen LogP contribution in [0.15, 0.2) is 42.5 Å². The van der Waals surface area contributed by atoms with Crippen LogP contribution in [0.2, 0.25) is 5.02 Å². The second-order valence-corrected chi connectivity index (χ2v) is 6.36. The molecule has 3 aromatic rings. The van der Waals surface area contributed by atoms with E-state index in [1.165, 1.54) is 23.8 Å². The van der Waals surface area contributed by atoms with Gasteiger partial charge in [0.2, 0.25) is 0 Å². The Hall–Kier alpha value is -1.93. The lowest BCUT2D eigenvalue weighted by molar-refractivity contribution is 0.710. The Morgan fingerprint density at radius 2 is 1.74 bits per heavy atom. The van der Waals surface area contributed by atoms with E-state index in [1.54, 1.807) is 0 Å². The van der Waals surface area contributed by atoms with Crippen LogP contribution in [-0.4, -0.2) is 9.97 Å². The molecule has 0 saturated carbocycles. The Kier molecular flexibility index (Phi) is 4.92. The number of unbranched alkanes of at least 4 members (excludes halogenated alkanes) is 2. The molecule has 0 spiro atoms. The molecular formula is C20H21ClN2. The second kappa shape index (κ2) is 7.10. The topological polar surface area (TPSA) is 25.8 Å². The summed E-state index contributed by atoms with van der Waals surface area (Å²) in [7, 11) is 0. The lowest BCUT2D eigenvalue weighted by atomic mass is 10.0. The zero-order valence-corrected chi connectivity index (χ0v) is 14.4. The number of hydrogen-bond acceptors (Lipinski definition) is 2. The number of halogens is 1. The monoisotopic (exact) mass is 324 g/mol. The summed E-state index contributed by atoms with van der Waals surface area (Å²) in [5, 5.41) is 1.94. The molecule has 1 aromatic heterocycles. The molecule has 2 aromatic carbocycles. The average molecular weight is 325 g/mol. The molecule has 0 aliphatic heterocycles. The fraction of sp³-hybridized carbons (Fsp3) is 0.300. The van der Waals surface area contributed by atoms with E-state index in [9.17, 15) is 0 Å². The van der Waals surface area contributed by atoms with Crippen LogP contribution < -0.4 is 0 Å². The lowest BCUT2D eigenvalue weighted by Gasteiger charge is -2.11. The van der Waals surface area contributed by atoms with Crippen LogP contribution in [-0.2, 0) is 6.42 Å². The molecule has 118 valence electrons. The van der Waals surface area contributed by atoms with Crippen molar-refractivity contribution in [3.8, 4) is 11.4 Å². The molecule has 0 atom stereocenters. The molecule has 2 nitrogen and oxygen atoms in total. The highest BCUT2D eigenvalue weighted by Crippen LogP contribution is 2.26. The quantitative estimate of drug-likeness (QED) is 0.538. The first-order valence-electron chi connectivity index (χ1n) is 8.21. The minimum Gasteiger partial charge on any atom is -0.232 e. The normalized spacial score (nSPS) is 11.1. The van der Waals surface area contributed by atoms with Crippen molar-refractivity contribution in [3.05, 3.63) is 58.7 Å². The molecule has 0 N–H and O–H groups in total. The maximum Gasteiger partial charge on any atom is 0.160 e. The van der Waals surface area contributed by atoms with Crippen LogP contribution in [0.5, 0.6) is 0 Å². The number of aryl methyl sites for hydroxylation is 2. The van der Waals surface area contributed by atoms with Crippen LogP contribution in [0.25, 0.3) is 22.3 Å². The predicted molar refractivity (Wildman–Crippen MR) is 98.0 cm³/mol. The molecule has 3 rings (SSSR count). The number of benzene rings is 2. The molecule has 0 aliphatic carbocycles. The molecule has 0 saturated heterocycles. The van der Waals surface area contributed by atoms with Crippen molar-refractivity contribution in [1.29, 1.82) is 0 Å². The van der Waals surface area contributed by atoms with Gasteiger partial charge in [0.25, 0.3) is 0 Å². The van der Waals surface area contributed by atoms with E-state index < -0.39 is 0 Å². The van der Waals surface area contributed by atoms with Gasteiger partial charge in [-0.3, -0.25) is 0 Å². The Morgan fingerprint density at radius 3 is 2.48 bits per heavy atom. The first-order chi connectivity index (χ1) is 11.2. The van der Waals surface area contributed by atoms with Crippen LogP contribution in [0.3, 0.4) is 0 Å². The summed E-state index contributed by atoms with van der Waals surface area (Å²) in [5.41, 5.74) is 4.44. The number of nitrogens with zero attached hydrogens (tertiary/aromatic N) is 2. The van der Waals surface area contributed by atoms with Crippen LogP contribution in [0, 0.1) is 6.92 Å². The maximum atomic E-state index is 5.99. The fourth-order valence-corrected chi connectivity index (χ4v) is 3.02. The van der Waals surface area contributed by atoms with Gasteiger partial charge in [-0.2, -0.15) is 0 Å². The van der Waals surface area contributed by atoms with Crippen molar-refractivity contribution in [3.63, 3.8) is 0 Å². The van der Waals surface area contributed by atoms with Crippen molar-refractivity contribution >= 4 is 22.5 Å². The molecule has 0 fully saturated rings. The number of aromatic nitrogens is 2. The van der Waals surface area contributed by atoms with E-state index >= 15 is 0 Å². The van der Waals surface area contributed by atoms with E-state index in [-0.39, 0.29) is 0 Å². The highest BCUT2D eigenvalue weighted by atomic mass is 35.5. The van der Waals surface area contributed by atoms with Gasteiger partial charge >= 0.3 is 0 Å². The van der Waals surface area contributed by atoms with E-state index in [1.807, 2.05) is 24.3 Å². The van der Waals surface area contributed by atoms with Gasteiger partial charge in [0, 0.05) is 16.0 Å². The minimum atomic E-state index is 0.730. The summed E-state index contributed by atoms with van der Waals surface area (Å²) in [6, 6.07) is 14.0. The zero-order valence-electron chi connectivity index (χ0n) is 13.6. The molecule has 1 heterocycles.